The standard InChI is InChI=1S/C20H26O6/c1-9(2)18(4)15(22)19-7-12(24-19)13-11-8-23-14(21)10(11)5-6-17(13,3)20(19)16(25-18)26-20/h9,12-13,15-16,22H,5-8H2,1-4H3. The zero-order valence-electron chi connectivity index (χ0n) is 15.7. The number of hydrogen-bond acceptors (Lipinski definition) is 6. The van der Waals surface area contributed by atoms with Crippen molar-refractivity contribution >= 4 is 5.97 Å². The monoisotopic (exact) mass is 362 g/mol. The highest BCUT2D eigenvalue weighted by Gasteiger charge is 2.92. The number of hydrogen-bond donors (Lipinski definition) is 1. The summed E-state index contributed by atoms with van der Waals surface area (Å²) in [7, 11) is 0. The van der Waals surface area contributed by atoms with Crippen LogP contribution in [0, 0.1) is 17.3 Å². The lowest BCUT2D eigenvalue weighted by molar-refractivity contribution is -0.394. The van der Waals surface area contributed by atoms with Crippen LogP contribution in [0.1, 0.15) is 47.0 Å². The summed E-state index contributed by atoms with van der Waals surface area (Å²) in [6.07, 6.45) is 1.21. The molecule has 142 valence electrons. The van der Waals surface area contributed by atoms with Gasteiger partial charge in [0.05, 0.1) is 11.7 Å². The highest BCUT2D eigenvalue weighted by molar-refractivity contribution is 5.92. The summed E-state index contributed by atoms with van der Waals surface area (Å²) in [5.41, 5.74) is -0.301. The average molecular weight is 362 g/mol. The zero-order valence-corrected chi connectivity index (χ0v) is 15.7. The average Bonchev–Trinajstić information content (AvgIpc) is 3.15. The van der Waals surface area contributed by atoms with Crippen molar-refractivity contribution in [2.75, 3.05) is 6.61 Å². The molecule has 5 heterocycles. The Balaban J connectivity index is 1.48. The molecule has 6 heteroatoms. The van der Waals surface area contributed by atoms with E-state index in [9.17, 15) is 9.90 Å². The summed E-state index contributed by atoms with van der Waals surface area (Å²) >= 11 is 0. The number of esters is 1. The van der Waals surface area contributed by atoms with E-state index in [2.05, 4.69) is 20.8 Å². The van der Waals surface area contributed by atoms with Crippen LogP contribution >= 0.6 is 0 Å². The third-order valence-electron chi connectivity index (χ3n) is 8.72. The molecule has 2 aliphatic carbocycles. The van der Waals surface area contributed by atoms with Gasteiger partial charge in [0.25, 0.3) is 0 Å². The van der Waals surface area contributed by atoms with Crippen LogP contribution in [0.25, 0.3) is 0 Å². The van der Waals surface area contributed by atoms with Crippen molar-refractivity contribution in [3.05, 3.63) is 11.1 Å². The minimum atomic E-state index is -0.736. The van der Waals surface area contributed by atoms with E-state index in [1.165, 1.54) is 0 Å². The second kappa shape index (κ2) is 4.22. The maximum atomic E-state index is 12.1. The van der Waals surface area contributed by atoms with Gasteiger partial charge >= 0.3 is 5.97 Å². The third-order valence-corrected chi connectivity index (χ3v) is 8.72. The number of rotatable bonds is 1. The molecule has 0 radical (unpaired) electrons. The quantitative estimate of drug-likeness (QED) is 0.565. The summed E-state index contributed by atoms with van der Waals surface area (Å²) in [4.78, 5) is 12.1. The van der Waals surface area contributed by atoms with Crippen LogP contribution in [0.15, 0.2) is 11.1 Å². The van der Waals surface area contributed by atoms with Crippen LogP contribution in [-0.2, 0) is 23.7 Å². The fourth-order valence-electron chi connectivity index (χ4n) is 6.97. The number of carbonyl (C=O) groups is 1. The van der Waals surface area contributed by atoms with E-state index in [0.717, 1.165) is 24.0 Å². The van der Waals surface area contributed by atoms with Gasteiger partial charge in [-0.1, -0.05) is 20.8 Å². The molecule has 2 spiro atoms. The van der Waals surface area contributed by atoms with Gasteiger partial charge in [-0.05, 0) is 31.3 Å². The predicted molar refractivity (Wildman–Crippen MR) is 89.0 cm³/mol. The summed E-state index contributed by atoms with van der Waals surface area (Å²) in [5.74, 6) is 0.0730. The molecule has 7 rings (SSSR count). The number of carbonyl (C=O) groups excluding carboxylic acids is 1. The van der Waals surface area contributed by atoms with Gasteiger partial charge in [0.2, 0.25) is 0 Å². The van der Waals surface area contributed by atoms with E-state index in [1.54, 1.807) is 0 Å². The molecule has 5 fully saturated rings. The molecule has 6 nitrogen and oxygen atoms in total. The third kappa shape index (κ3) is 1.32. The van der Waals surface area contributed by atoms with Crippen molar-refractivity contribution in [1.29, 1.82) is 0 Å². The van der Waals surface area contributed by atoms with Gasteiger partial charge in [0, 0.05) is 23.3 Å². The van der Waals surface area contributed by atoms with Crippen LogP contribution in [0.4, 0.5) is 0 Å². The van der Waals surface area contributed by atoms with Crippen LogP contribution in [0.2, 0.25) is 0 Å². The zero-order chi connectivity index (χ0) is 18.3. The Hall–Kier alpha value is -0.950. The lowest BCUT2D eigenvalue weighted by atomic mass is 9.43. The van der Waals surface area contributed by atoms with Crippen molar-refractivity contribution < 1.29 is 28.8 Å². The number of ether oxygens (including phenoxy) is 4. The van der Waals surface area contributed by atoms with E-state index in [-0.39, 0.29) is 35.6 Å². The molecule has 5 aliphatic heterocycles. The highest BCUT2D eigenvalue weighted by atomic mass is 16.8. The normalized spacial score (nSPS) is 59.1. The maximum Gasteiger partial charge on any atom is 0.334 e. The van der Waals surface area contributed by atoms with Gasteiger partial charge in [-0.25, -0.2) is 4.79 Å². The van der Waals surface area contributed by atoms with Crippen LogP contribution in [0.5, 0.6) is 0 Å². The Labute approximate surface area is 152 Å². The summed E-state index contributed by atoms with van der Waals surface area (Å²) in [5, 5.41) is 11.4. The van der Waals surface area contributed by atoms with E-state index in [0.29, 0.717) is 13.0 Å². The molecule has 7 aliphatic rings. The second-order valence-corrected chi connectivity index (χ2v) is 9.77. The summed E-state index contributed by atoms with van der Waals surface area (Å²) < 4.78 is 24.5. The lowest BCUT2D eigenvalue weighted by Crippen LogP contribution is -2.85. The Morgan fingerprint density at radius 1 is 1.19 bits per heavy atom. The molecule has 1 N–H and O–H groups in total. The molecule has 0 amide bonds. The maximum absolute atomic E-state index is 12.1. The van der Waals surface area contributed by atoms with Gasteiger partial charge in [-0.2, -0.15) is 0 Å². The SMILES string of the molecule is CC(C)C1(C)OC2OC23C2(C)CCC4=C(COC4=O)C2C2CC3(O2)C1O. The minimum Gasteiger partial charge on any atom is -0.458 e. The van der Waals surface area contributed by atoms with Gasteiger partial charge < -0.3 is 24.1 Å². The molecule has 1 saturated carbocycles. The van der Waals surface area contributed by atoms with E-state index in [4.69, 9.17) is 18.9 Å². The molecular weight excluding hydrogens is 336 g/mol. The minimum absolute atomic E-state index is 0.0134. The molecule has 2 bridgehead atoms. The molecule has 0 aromatic heterocycles. The smallest absolute Gasteiger partial charge is 0.334 e. The van der Waals surface area contributed by atoms with Crippen molar-refractivity contribution in [2.45, 2.75) is 82.3 Å². The van der Waals surface area contributed by atoms with Gasteiger partial charge in [0.1, 0.15) is 18.3 Å². The molecule has 26 heavy (non-hydrogen) atoms. The summed E-state index contributed by atoms with van der Waals surface area (Å²) in [6, 6.07) is 0. The molecule has 0 aromatic rings. The molecule has 4 saturated heterocycles. The highest BCUT2D eigenvalue weighted by Crippen LogP contribution is 2.78. The van der Waals surface area contributed by atoms with Gasteiger partial charge in [-0.15, -0.1) is 0 Å². The molecule has 8 unspecified atom stereocenters. The lowest BCUT2D eigenvalue weighted by Gasteiger charge is -2.71. The first-order chi connectivity index (χ1) is 12.2. The Morgan fingerprint density at radius 3 is 2.62 bits per heavy atom. The fourth-order valence-corrected chi connectivity index (χ4v) is 6.97. The molecular formula is C20H26O6. The van der Waals surface area contributed by atoms with Crippen molar-refractivity contribution in [3.63, 3.8) is 0 Å². The Bertz CT molecular complexity index is 766. The first-order valence-corrected chi connectivity index (χ1v) is 9.82. The molecule has 0 aromatic carbocycles. The Morgan fingerprint density at radius 2 is 1.92 bits per heavy atom. The van der Waals surface area contributed by atoms with Gasteiger partial charge in [0.15, 0.2) is 11.9 Å². The van der Waals surface area contributed by atoms with Crippen LogP contribution < -0.4 is 0 Å². The Kier molecular flexibility index (Phi) is 2.60. The largest absolute Gasteiger partial charge is 0.458 e. The van der Waals surface area contributed by atoms with E-state index < -0.39 is 22.9 Å². The van der Waals surface area contributed by atoms with E-state index in [1.807, 2.05) is 6.92 Å². The van der Waals surface area contributed by atoms with Gasteiger partial charge in [-0.3, -0.25) is 0 Å². The van der Waals surface area contributed by atoms with Crippen molar-refractivity contribution in [1.82, 2.24) is 0 Å². The van der Waals surface area contributed by atoms with E-state index >= 15 is 0 Å². The first-order valence-electron chi connectivity index (χ1n) is 9.82. The van der Waals surface area contributed by atoms with Crippen molar-refractivity contribution in [3.8, 4) is 0 Å². The number of cyclic esters (lactones) is 1. The number of epoxide rings is 1. The van der Waals surface area contributed by atoms with Crippen LogP contribution in [0.3, 0.4) is 0 Å². The topological polar surface area (TPSA) is 77.5 Å². The number of aliphatic hydroxyl groups excluding tert-OH is 1. The predicted octanol–water partition coefficient (Wildman–Crippen LogP) is 1.70. The van der Waals surface area contributed by atoms with Crippen molar-refractivity contribution in [2.24, 2.45) is 17.3 Å². The number of aliphatic hydroxyl groups is 1. The first kappa shape index (κ1) is 16.0. The second-order valence-electron chi connectivity index (χ2n) is 9.77. The fraction of sp³-hybridized carbons (Fsp3) is 0.850. The summed E-state index contributed by atoms with van der Waals surface area (Å²) in [6.45, 7) is 8.71. The van der Waals surface area contributed by atoms with Crippen LogP contribution in [-0.4, -0.2) is 53.0 Å². The molecule has 8 atom stereocenters.